The van der Waals surface area contributed by atoms with E-state index in [9.17, 15) is 4.79 Å². The first-order chi connectivity index (χ1) is 13.1. The van der Waals surface area contributed by atoms with E-state index in [-0.39, 0.29) is 33.6 Å². The van der Waals surface area contributed by atoms with Crippen LogP contribution >= 0.6 is 23.2 Å². The van der Waals surface area contributed by atoms with Crippen molar-refractivity contribution in [1.82, 2.24) is 15.5 Å². The Hall–Kier alpha value is -2.16. The lowest BCUT2D eigenvalue weighted by molar-refractivity contribution is -0.121. The van der Waals surface area contributed by atoms with Gasteiger partial charge in [0.2, 0.25) is 0 Å². The summed E-state index contributed by atoms with van der Waals surface area (Å²) in [4.78, 5) is 12.6. The van der Waals surface area contributed by atoms with Crippen molar-refractivity contribution >= 4 is 29.1 Å². The number of hydrogen-bond donors (Lipinski definition) is 1. The van der Waals surface area contributed by atoms with Crippen molar-refractivity contribution in [3.8, 4) is 6.07 Å². The molecule has 1 N–H and O–H groups in total. The van der Waals surface area contributed by atoms with Crippen LogP contribution in [0.1, 0.15) is 49.3 Å². The molecule has 1 aliphatic rings. The van der Waals surface area contributed by atoms with Crippen LogP contribution in [-0.2, 0) is 6.42 Å². The van der Waals surface area contributed by atoms with E-state index >= 15 is 0 Å². The third-order valence-corrected chi connectivity index (χ3v) is 6.53. The Balaban J connectivity index is 1.76. The summed E-state index contributed by atoms with van der Waals surface area (Å²) in [6.45, 7) is 8.64. The molecule has 1 aromatic carbocycles. The molecule has 0 unspecified atom stereocenters. The molecule has 0 saturated heterocycles. The Labute approximate surface area is 175 Å². The number of halogens is 2. The van der Waals surface area contributed by atoms with Gasteiger partial charge in [-0.3, -0.25) is 4.79 Å². The Morgan fingerprint density at radius 2 is 1.82 bits per heavy atom. The van der Waals surface area contributed by atoms with Crippen LogP contribution in [0, 0.1) is 28.1 Å². The molecule has 1 aromatic heterocycles. The molecule has 28 heavy (non-hydrogen) atoms. The van der Waals surface area contributed by atoms with Crippen LogP contribution in [0.5, 0.6) is 0 Å². The zero-order chi connectivity index (χ0) is 20.7. The second-order valence-electron chi connectivity index (χ2n) is 8.47. The highest BCUT2D eigenvalue weighted by Crippen LogP contribution is 2.60. The van der Waals surface area contributed by atoms with Gasteiger partial charge in [-0.2, -0.15) is 5.26 Å². The molecule has 1 amide bonds. The largest absolute Gasteiger partial charge is 0.347 e. The Bertz CT molecular complexity index is 932. The molecule has 7 heteroatoms. The number of amides is 1. The van der Waals surface area contributed by atoms with Crippen molar-refractivity contribution in [1.29, 1.82) is 5.26 Å². The molecule has 0 aliphatic heterocycles. The zero-order valence-corrected chi connectivity index (χ0v) is 17.8. The minimum atomic E-state index is -0.254. The van der Waals surface area contributed by atoms with E-state index in [4.69, 9.17) is 28.5 Å². The Morgan fingerprint density at radius 1 is 1.14 bits per heavy atom. The van der Waals surface area contributed by atoms with Gasteiger partial charge in [-0.25, -0.2) is 0 Å². The normalized spacial score (nSPS) is 22.0. The molecule has 5 nitrogen and oxygen atoms in total. The molecule has 0 radical (unpaired) electrons. The van der Waals surface area contributed by atoms with E-state index in [1.807, 2.05) is 12.1 Å². The van der Waals surface area contributed by atoms with Crippen molar-refractivity contribution in [2.24, 2.45) is 16.7 Å². The molecule has 1 heterocycles. The van der Waals surface area contributed by atoms with Crippen LogP contribution in [0.4, 0.5) is 0 Å². The van der Waals surface area contributed by atoms with Gasteiger partial charge in [0.15, 0.2) is 10.8 Å². The summed E-state index contributed by atoms with van der Waals surface area (Å²) in [5.74, 6) is 0.0702. The fraction of sp³-hybridized carbons (Fsp3) is 0.429. The fourth-order valence-corrected chi connectivity index (χ4v) is 5.12. The molecule has 0 spiro atoms. The quantitative estimate of drug-likeness (QED) is 0.784. The summed E-state index contributed by atoms with van der Waals surface area (Å²) in [5, 5.41) is 20.5. The molecule has 0 bridgehead atoms. The van der Waals surface area contributed by atoms with Crippen molar-refractivity contribution in [3.63, 3.8) is 0 Å². The number of rotatable bonds is 4. The first kappa shape index (κ1) is 20.6. The summed E-state index contributed by atoms with van der Waals surface area (Å²) >= 11 is 11.9. The van der Waals surface area contributed by atoms with Crippen LogP contribution in [0.25, 0.3) is 0 Å². The van der Waals surface area contributed by atoms with Crippen LogP contribution < -0.4 is 5.32 Å². The van der Waals surface area contributed by atoms with Crippen molar-refractivity contribution < 1.29 is 4.79 Å². The van der Waals surface area contributed by atoms with Crippen LogP contribution in [0.15, 0.2) is 30.3 Å². The van der Waals surface area contributed by atoms with Crippen LogP contribution in [0.3, 0.4) is 0 Å². The van der Waals surface area contributed by atoms with Crippen LogP contribution in [-0.4, -0.2) is 22.1 Å². The number of nitrogens with zero attached hydrogens (tertiary/aromatic N) is 3. The first-order valence-corrected chi connectivity index (χ1v) is 9.81. The number of nitrogens with one attached hydrogen (secondary N) is 1. The minimum absolute atomic E-state index is 0.0242. The third-order valence-electron chi connectivity index (χ3n) is 6.02. The molecule has 0 atom stereocenters. The minimum Gasteiger partial charge on any atom is -0.347 e. The average molecular weight is 417 g/mol. The van der Waals surface area contributed by atoms with Crippen molar-refractivity contribution in [2.75, 3.05) is 0 Å². The predicted octanol–water partition coefficient (Wildman–Crippen LogP) is 4.68. The maximum atomic E-state index is 12.6. The van der Waals surface area contributed by atoms with Crippen molar-refractivity contribution in [2.45, 2.75) is 40.2 Å². The highest BCUT2D eigenvalue weighted by molar-refractivity contribution is 6.31. The zero-order valence-electron chi connectivity index (χ0n) is 16.3. The third kappa shape index (κ3) is 3.59. The second kappa shape index (κ2) is 7.35. The lowest BCUT2D eigenvalue weighted by Gasteiger charge is -2.64. The number of hydrogen-bond acceptors (Lipinski definition) is 4. The van der Waals surface area contributed by atoms with Gasteiger partial charge in [0.05, 0.1) is 10.6 Å². The van der Waals surface area contributed by atoms with E-state index in [2.05, 4.69) is 49.3 Å². The number of carbonyl (C=O) groups excluding carboxylic acids is 1. The van der Waals surface area contributed by atoms with Gasteiger partial charge in [-0.15, -0.1) is 10.2 Å². The standard InChI is InChI=1S/C21H22Cl2N4O/c1-20(2)16(10-12-5-6-13(11-24)14(22)9-12)21(3,4)19(20)25-18(28)15-7-8-17(23)27-26-15/h5-9,16,19H,10H2,1-4H3,(H,25,28). The van der Waals surface area contributed by atoms with Gasteiger partial charge in [-0.05, 0) is 53.0 Å². The lowest BCUT2D eigenvalue weighted by atomic mass is 9.43. The van der Waals surface area contributed by atoms with E-state index in [0.29, 0.717) is 16.5 Å². The Morgan fingerprint density at radius 3 is 2.36 bits per heavy atom. The molecule has 146 valence electrons. The smallest absolute Gasteiger partial charge is 0.272 e. The van der Waals surface area contributed by atoms with E-state index < -0.39 is 0 Å². The monoisotopic (exact) mass is 416 g/mol. The average Bonchev–Trinajstić information content (AvgIpc) is 2.64. The number of carbonyl (C=O) groups is 1. The number of aromatic nitrogens is 2. The highest BCUT2D eigenvalue weighted by Gasteiger charge is 2.61. The van der Waals surface area contributed by atoms with E-state index in [0.717, 1.165) is 12.0 Å². The Kier molecular flexibility index (Phi) is 5.40. The van der Waals surface area contributed by atoms with Crippen LogP contribution in [0.2, 0.25) is 10.2 Å². The summed E-state index contributed by atoms with van der Waals surface area (Å²) in [6.07, 6.45) is 0.818. The molecular formula is C21H22Cl2N4O. The second-order valence-corrected chi connectivity index (χ2v) is 9.27. The fourth-order valence-electron chi connectivity index (χ4n) is 4.78. The molecule has 1 saturated carbocycles. The predicted molar refractivity (Wildman–Crippen MR) is 109 cm³/mol. The molecule has 3 rings (SSSR count). The van der Waals surface area contributed by atoms with Crippen molar-refractivity contribution in [3.05, 3.63) is 57.3 Å². The topological polar surface area (TPSA) is 78.7 Å². The molecule has 2 aromatic rings. The molecular weight excluding hydrogens is 395 g/mol. The summed E-state index contributed by atoms with van der Waals surface area (Å²) in [5.41, 5.74) is 1.56. The highest BCUT2D eigenvalue weighted by atomic mass is 35.5. The SMILES string of the molecule is CC1(C)C(Cc2ccc(C#N)c(Cl)c2)C(C)(C)C1NC(=O)c1ccc(Cl)nn1. The molecule has 1 aliphatic carbocycles. The number of nitriles is 1. The van der Waals surface area contributed by atoms with Gasteiger partial charge in [0.1, 0.15) is 6.07 Å². The van der Waals surface area contributed by atoms with Gasteiger partial charge < -0.3 is 5.32 Å². The summed E-state index contributed by atoms with van der Waals surface area (Å²) < 4.78 is 0. The van der Waals surface area contributed by atoms with Gasteiger partial charge in [-0.1, -0.05) is 57.0 Å². The maximum absolute atomic E-state index is 12.6. The lowest BCUT2D eigenvalue weighted by Crippen LogP contribution is -2.70. The maximum Gasteiger partial charge on any atom is 0.272 e. The summed E-state index contributed by atoms with van der Waals surface area (Å²) in [7, 11) is 0. The van der Waals surface area contributed by atoms with Gasteiger partial charge in [0, 0.05) is 6.04 Å². The first-order valence-electron chi connectivity index (χ1n) is 9.06. The van der Waals surface area contributed by atoms with E-state index in [1.54, 1.807) is 18.2 Å². The van der Waals surface area contributed by atoms with Gasteiger partial charge >= 0.3 is 0 Å². The molecule has 1 fully saturated rings. The van der Waals surface area contributed by atoms with E-state index in [1.165, 1.54) is 0 Å². The number of benzene rings is 1. The summed E-state index contributed by atoms with van der Waals surface area (Å²) in [6, 6.07) is 10.8. The van der Waals surface area contributed by atoms with Gasteiger partial charge in [0.25, 0.3) is 5.91 Å².